The van der Waals surface area contributed by atoms with Crippen molar-refractivity contribution in [1.82, 2.24) is 0 Å². The molecule has 4 aromatic carbocycles. The number of halogens is 1. The summed E-state index contributed by atoms with van der Waals surface area (Å²) in [6.45, 7) is 6.21. The topological polar surface area (TPSA) is 46.2 Å². The number of hydrogen-bond acceptors (Lipinski definition) is 5. The Morgan fingerprint density at radius 3 is 1.43 bits per heavy atom. The molecule has 1 fully saturated rings. The highest BCUT2D eigenvalue weighted by Crippen LogP contribution is 2.34. The molecule has 0 bridgehead atoms. The summed E-state index contributed by atoms with van der Waals surface area (Å²) in [5.41, 5.74) is 4.42. The molecule has 0 aromatic heterocycles. The van der Waals surface area contributed by atoms with Crippen molar-refractivity contribution in [3.8, 4) is 0 Å². The fourth-order valence-electron chi connectivity index (χ4n) is 5.86. The van der Waals surface area contributed by atoms with E-state index in [2.05, 4.69) is 77.7 Å². The van der Waals surface area contributed by atoms with Crippen molar-refractivity contribution in [1.29, 1.82) is 0 Å². The quantitative estimate of drug-likeness (QED) is 0.0582. The highest BCUT2D eigenvalue weighted by atomic mass is 127. The average molecular weight is 733 g/mol. The monoisotopic (exact) mass is 732 g/mol. The first-order chi connectivity index (χ1) is 22.7. The molecule has 46 heavy (non-hydrogen) atoms. The maximum absolute atomic E-state index is 6.99. The summed E-state index contributed by atoms with van der Waals surface area (Å²) in [5, 5.41) is 0. The molecule has 1 aliphatic heterocycles. The minimum atomic E-state index is -0.422. The molecule has 5 rings (SSSR count). The van der Waals surface area contributed by atoms with Crippen LogP contribution in [-0.4, -0.2) is 41.6 Å². The Hall–Kier alpha value is -2.85. The SMILES string of the molecule is C=CC[C@@H](CI)C[C@@H]1O[C@H](COCc2ccccc2)[C@H](OCc2ccccc2)[C@H](OCc2ccccc2)[C@H]1OCc1ccccc1. The van der Waals surface area contributed by atoms with Crippen LogP contribution in [0.5, 0.6) is 0 Å². The largest absolute Gasteiger partial charge is 0.374 e. The van der Waals surface area contributed by atoms with Gasteiger partial charge in [0.1, 0.15) is 24.4 Å². The van der Waals surface area contributed by atoms with E-state index in [-0.39, 0.29) is 18.3 Å². The normalized spacial score (nSPS) is 21.9. The van der Waals surface area contributed by atoms with E-state index in [4.69, 9.17) is 23.7 Å². The summed E-state index contributed by atoms with van der Waals surface area (Å²) < 4.78 is 34.8. The molecule has 6 heteroatoms. The van der Waals surface area contributed by atoms with E-state index in [9.17, 15) is 0 Å². The number of ether oxygens (including phenoxy) is 5. The summed E-state index contributed by atoms with van der Waals surface area (Å²) in [7, 11) is 0. The van der Waals surface area contributed by atoms with Crippen molar-refractivity contribution in [2.24, 2.45) is 5.92 Å². The van der Waals surface area contributed by atoms with Crippen molar-refractivity contribution in [2.45, 2.75) is 69.8 Å². The number of allylic oxidation sites excluding steroid dienone is 1. The predicted molar refractivity (Wildman–Crippen MR) is 192 cm³/mol. The van der Waals surface area contributed by atoms with Gasteiger partial charge in [-0.3, -0.25) is 0 Å². The Morgan fingerprint density at radius 2 is 1.00 bits per heavy atom. The number of benzene rings is 4. The molecule has 0 spiro atoms. The Balaban J connectivity index is 1.45. The summed E-state index contributed by atoms with van der Waals surface area (Å²) in [4.78, 5) is 0. The Labute approximate surface area is 288 Å². The van der Waals surface area contributed by atoms with E-state index in [0.29, 0.717) is 39.0 Å². The molecule has 0 aliphatic carbocycles. The van der Waals surface area contributed by atoms with Gasteiger partial charge in [-0.1, -0.05) is 150 Å². The van der Waals surface area contributed by atoms with Crippen LogP contribution in [0.1, 0.15) is 35.1 Å². The molecule has 0 N–H and O–H groups in total. The van der Waals surface area contributed by atoms with Crippen molar-refractivity contribution >= 4 is 22.6 Å². The highest BCUT2D eigenvalue weighted by Gasteiger charge is 2.48. The van der Waals surface area contributed by atoms with Crippen molar-refractivity contribution < 1.29 is 23.7 Å². The van der Waals surface area contributed by atoms with Crippen LogP contribution in [0.2, 0.25) is 0 Å². The second kappa shape index (κ2) is 19.1. The van der Waals surface area contributed by atoms with Crippen molar-refractivity contribution in [2.75, 3.05) is 11.0 Å². The van der Waals surface area contributed by atoms with Gasteiger partial charge in [0.15, 0.2) is 0 Å². The first kappa shape index (κ1) is 34.5. The average Bonchev–Trinajstić information content (AvgIpc) is 3.11. The Bertz CT molecular complexity index is 1390. The molecule has 0 radical (unpaired) electrons. The third-order valence-corrected chi connectivity index (χ3v) is 9.51. The third-order valence-electron chi connectivity index (χ3n) is 8.26. The predicted octanol–water partition coefficient (Wildman–Crippen LogP) is 8.74. The van der Waals surface area contributed by atoms with Crippen LogP contribution in [0.25, 0.3) is 0 Å². The van der Waals surface area contributed by atoms with Gasteiger partial charge in [0.05, 0.1) is 39.1 Å². The van der Waals surface area contributed by atoms with E-state index in [1.54, 1.807) is 0 Å². The van der Waals surface area contributed by atoms with Gasteiger partial charge in [-0.15, -0.1) is 6.58 Å². The molecule has 242 valence electrons. The maximum Gasteiger partial charge on any atom is 0.115 e. The first-order valence-corrected chi connectivity index (χ1v) is 17.7. The second-order valence-corrected chi connectivity index (χ2v) is 12.7. The van der Waals surface area contributed by atoms with Gasteiger partial charge in [0, 0.05) is 4.43 Å². The van der Waals surface area contributed by atoms with Crippen LogP contribution in [0.15, 0.2) is 134 Å². The number of rotatable bonds is 18. The van der Waals surface area contributed by atoms with E-state index < -0.39 is 12.2 Å². The molecule has 1 heterocycles. The Kier molecular flexibility index (Phi) is 14.3. The highest BCUT2D eigenvalue weighted by molar-refractivity contribution is 14.1. The summed E-state index contributed by atoms with van der Waals surface area (Å²) in [6.07, 6.45) is 1.99. The lowest BCUT2D eigenvalue weighted by atomic mass is 9.88. The molecule has 1 saturated heterocycles. The minimum absolute atomic E-state index is 0.217. The van der Waals surface area contributed by atoms with Gasteiger partial charge < -0.3 is 23.7 Å². The van der Waals surface area contributed by atoms with Crippen LogP contribution in [0.3, 0.4) is 0 Å². The zero-order valence-corrected chi connectivity index (χ0v) is 28.5. The standard InChI is InChI=1S/C40H45IO5/c1-2-15-35(25-41)24-36-38(43-27-32-18-9-4-10-19-32)40(45-29-34-22-13-6-14-23-34)39(44-28-33-20-11-5-12-21-33)37(46-36)30-42-26-31-16-7-3-8-17-31/h2-14,16-23,35-40H,1,15,24-30H2/t35-,36+,37-,38+,39+,40-/m1/s1. The minimum Gasteiger partial charge on any atom is -0.374 e. The number of hydrogen-bond donors (Lipinski definition) is 0. The van der Waals surface area contributed by atoms with Crippen molar-refractivity contribution in [3.05, 3.63) is 156 Å². The lowest BCUT2D eigenvalue weighted by Crippen LogP contribution is -2.61. The molecule has 6 atom stereocenters. The molecule has 0 unspecified atom stereocenters. The molecule has 0 saturated carbocycles. The van der Waals surface area contributed by atoms with Crippen molar-refractivity contribution in [3.63, 3.8) is 0 Å². The maximum atomic E-state index is 6.99. The summed E-state index contributed by atoms with van der Waals surface area (Å²) in [5.74, 6) is 0.397. The molecular weight excluding hydrogens is 687 g/mol. The van der Waals surface area contributed by atoms with Gasteiger partial charge in [0.25, 0.3) is 0 Å². The smallest absolute Gasteiger partial charge is 0.115 e. The van der Waals surface area contributed by atoms with Crippen LogP contribution in [0.4, 0.5) is 0 Å². The molecule has 5 nitrogen and oxygen atoms in total. The van der Waals surface area contributed by atoms with E-state index >= 15 is 0 Å². The lowest BCUT2D eigenvalue weighted by molar-refractivity contribution is -0.274. The second-order valence-electron chi connectivity index (χ2n) is 11.8. The van der Waals surface area contributed by atoms with Gasteiger partial charge in [-0.25, -0.2) is 0 Å². The van der Waals surface area contributed by atoms with Crippen LogP contribution in [0, 0.1) is 5.92 Å². The summed E-state index contributed by atoms with van der Waals surface area (Å²) in [6, 6.07) is 41.0. The zero-order valence-electron chi connectivity index (χ0n) is 26.4. The fraction of sp³-hybridized carbons (Fsp3) is 0.350. The number of alkyl halides is 1. The van der Waals surface area contributed by atoms with E-state index in [1.807, 2.05) is 78.9 Å². The third kappa shape index (κ3) is 10.6. The van der Waals surface area contributed by atoms with E-state index in [1.165, 1.54) is 0 Å². The fourth-order valence-corrected chi connectivity index (χ4v) is 6.58. The van der Waals surface area contributed by atoms with Crippen LogP contribution >= 0.6 is 22.6 Å². The van der Waals surface area contributed by atoms with Crippen LogP contribution < -0.4 is 0 Å². The first-order valence-electron chi connectivity index (χ1n) is 16.1. The Morgan fingerprint density at radius 1 is 0.587 bits per heavy atom. The van der Waals surface area contributed by atoms with Gasteiger partial charge in [0.2, 0.25) is 0 Å². The molecular formula is C40H45IO5. The lowest BCUT2D eigenvalue weighted by Gasteiger charge is -2.47. The molecule has 4 aromatic rings. The zero-order chi connectivity index (χ0) is 31.8. The van der Waals surface area contributed by atoms with Gasteiger partial charge in [-0.05, 0) is 41.0 Å². The van der Waals surface area contributed by atoms with Gasteiger partial charge >= 0.3 is 0 Å². The van der Waals surface area contributed by atoms with E-state index in [0.717, 1.165) is 39.5 Å². The molecule has 0 amide bonds. The molecule has 1 aliphatic rings. The van der Waals surface area contributed by atoms with Crippen LogP contribution in [-0.2, 0) is 50.1 Å². The van der Waals surface area contributed by atoms with Gasteiger partial charge in [-0.2, -0.15) is 0 Å². The summed E-state index contributed by atoms with van der Waals surface area (Å²) >= 11 is 2.47.